The molecule has 2 atom stereocenters. The molecule has 2 saturated carbocycles. The maximum Gasteiger partial charge on any atom is 0.229 e. The topological polar surface area (TPSA) is 67.2 Å². The van der Waals surface area contributed by atoms with E-state index < -0.39 is 12.1 Å². The molecule has 1 saturated heterocycles. The Morgan fingerprint density at radius 1 is 1.11 bits per heavy atom. The predicted molar refractivity (Wildman–Crippen MR) is 124 cm³/mol. The van der Waals surface area contributed by atoms with Crippen LogP contribution in [-0.4, -0.2) is 49.8 Å². The van der Waals surface area contributed by atoms with Gasteiger partial charge >= 0.3 is 0 Å². The first-order valence-electron chi connectivity index (χ1n) is 11.9. The molecular formula is C25H23ClF2N6O. The standard InChI is InChI=1S/C25H23ClF2N6O/c26-16-1-3-20-14(5-16)10-32(24(35)18-6-19(18)28)11-22-30-31-23(34(20)22)15-7-25(8-15)12-33(13-25)21-4-2-17(27)9-29-21/h1-5,9,15,18-19H,6-8,10-13H2/t18?,19-/m0/s1. The van der Waals surface area contributed by atoms with Crippen LogP contribution in [0.3, 0.4) is 0 Å². The normalized spacial score (nSPS) is 24.3. The molecular weight excluding hydrogens is 474 g/mol. The molecule has 1 unspecified atom stereocenters. The summed E-state index contributed by atoms with van der Waals surface area (Å²) < 4.78 is 28.9. The van der Waals surface area contributed by atoms with Gasteiger partial charge in [-0.1, -0.05) is 11.6 Å². The van der Waals surface area contributed by atoms with Crippen molar-refractivity contribution < 1.29 is 13.6 Å². The fourth-order valence-corrected chi connectivity index (χ4v) is 6.20. The Kier molecular flexibility index (Phi) is 4.53. The number of fused-ring (bicyclic) bond motifs is 3. The smallest absolute Gasteiger partial charge is 0.229 e. The highest BCUT2D eigenvalue weighted by Crippen LogP contribution is 2.56. The fourth-order valence-electron chi connectivity index (χ4n) is 6.01. The summed E-state index contributed by atoms with van der Waals surface area (Å²) >= 11 is 6.30. The largest absolute Gasteiger partial charge is 0.355 e. The number of benzene rings is 1. The van der Waals surface area contributed by atoms with Crippen LogP contribution in [0.15, 0.2) is 36.5 Å². The van der Waals surface area contributed by atoms with E-state index >= 15 is 0 Å². The van der Waals surface area contributed by atoms with Gasteiger partial charge in [0.2, 0.25) is 5.91 Å². The van der Waals surface area contributed by atoms with Crippen molar-refractivity contribution in [2.45, 2.75) is 44.4 Å². The summed E-state index contributed by atoms with van der Waals surface area (Å²) in [6.07, 6.45) is 2.48. The molecule has 2 aliphatic heterocycles. The molecule has 2 aromatic heterocycles. The molecule has 7 nitrogen and oxygen atoms in total. The SMILES string of the molecule is O=C(C1C[C@@H]1F)N1Cc2cc(Cl)ccc2-n2c(nnc2C2CC3(C2)CN(c2ccc(F)cn2)C3)C1. The number of halogens is 3. The monoisotopic (exact) mass is 496 g/mol. The van der Waals surface area contributed by atoms with E-state index in [1.807, 2.05) is 18.2 Å². The third-order valence-electron chi connectivity index (χ3n) is 7.88. The Morgan fingerprint density at radius 2 is 1.91 bits per heavy atom. The summed E-state index contributed by atoms with van der Waals surface area (Å²) in [6.45, 7) is 2.45. The summed E-state index contributed by atoms with van der Waals surface area (Å²) in [5, 5.41) is 9.63. The van der Waals surface area contributed by atoms with E-state index in [1.54, 1.807) is 11.0 Å². The Balaban J connectivity index is 1.14. The van der Waals surface area contributed by atoms with Crippen LogP contribution in [0.5, 0.6) is 0 Å². The zero-order valence-corrected chi connectivity index (χ0v) is 19.6. The van der Waals surface area contributed by atoms with Crippen molar-refractivity contribution in [1.29, 1.82) is 0 Å². The number of carbonyl (C=O) groups excluding carboxylic acids is 1. The van der Waals surface area contributed by atoms with Crippen molar-refractivity contribution in [2.75, 3.05) is 18.0 Å². The third-order valence-corrected chi connectivity index (χ3v) is 8.12. The van der Waals surface area contributed by atoms with Crippen LogP contribution in [0.25, 0.3) is 5.69 Å². The average Bonchev–Trinajstić information content (AvgIpc) is 3.43. The minimum atomic E-state index is -1.05. The Labute approximate surface area is 205 Å². The molecule has 1 spiro atoms. The highest BCUT2D eigenvalue weighted by Gasteiger charge is 2.54. The van der Waals surface area contributed by atoms with Gasteiger partial charge in [-0.2, -0.15) is 0 Å². The zero-order chi connectivity index (χ0) is 23.9. The first kappa shape index (κ1) is 21.2. The minimum Gasteiger partial charge on any atom is -0.355 e. The van der Waals surface area contributed by atoms with Gasteiger partial charge in [0.1, 0.15) is 23.6 Å². The van der Waals surface area contributed by atoms with Crippen LogP contribution in [-0.2, 0) is 17.9 Å². The maximum absolute atomic E-state index is 13.6. The van der Waals surface area contributed by atoms with Crippen molar-refractivity contribution in [3.63, 3.8) is 0 Å². The van der Waals surface area contributed by atoms with E-state index in [9.17, 15) is 13.6 Å². The summed E-state index contributed by atoms with van der Waals surface area (Å²) in [4.78, 5) is 20.9. The maximum atomic E-state index is 13.6. The Morgan fingerprint density at radius 3 is 2.63 bits per heavy atom. The number of hydrogen-bond acceptors (Lipinski definition) is 5. The molecule has 2 aliphatic carbocycles. The lowest BCUT2D eigenvalue weighted by atomic mass is 9.57. The number of hydrogen-bond donors (Lipinski definition) is 0. The van der Waals surface area contributed by atoms with Gasteiger partial charge in [0.25, 0.3) is 0 Å². The van der Waals surface area contributed by atoms with Crippen LogP contribution in [0.2, 0.25) is 5.02 Å². The number of anilines is 1. The van der Waals surface area contributed by atoms with Crippen LogP contribution >= 0.6 is 11.6 Å². The van der Waals surface area contributed by atoms with Gasteiger partial charge in [0.15, 0.2) is 5.82 Å². The quantitative estimate of drug-likeness (QED) is 0.547. The fraction of sp³-hybridized carbons (Fsp3) is 0.440. The number of aromatic nitrogens is 4. The molecule has 35 heavy (non-hydrogen) atoms. The van der Waals surface area contributed by atoms with Crippen molar-refractivity contribution in [3.8, 4) is 5.69 Å². The van der Waals surface area contributed by atoms with E-state index in [0.29, 0.717) is 30.4 Å². The van der Waals surface area contributed by atoms with Crippen LogP contribution in [0, 0.1) is 17.2 Å². The predicted octanol–water partition coefficient (Wildman–Crippen LogP) is 4.04. The summed E-state index contributed by atoms with van der Waals surface area (Å²) in [5.41, 5.74) is 2.05. The van der Waals surface area contributed by atoms with Crippen molar-refractivity contribution >= 4 is 23.3 Å². The average molecular weight is 497 g/mol. The molecule has 4 aliphatic rings. The van der Waals surface area contributed by atoms with E-state index in [0.717, 1.165) is 48.8 Å². The van der Waals surface area contributed by atoms with Gasteiger partial charge < -0.3 is 9.80 Å². The van der Waals surface area contributed by atoms with E-state index in [1.165, 1.54) is 12.3 Å². The second kappa shape index (κ2) is 7.46. The number of pyridine rings is 1. The molecule has 3 fully saturated rings. The number of nitrogens with zero attached hydrogens (tertiary/aromatic N) is 6. The second-order valence-electron chi connectivity index (χ2n) is 10.4. The van der Waals surface area contributed by atoms with Crippen LogP contribution in [0.4, 0.5) is 14.6 Å². The summed E-state index contributed by atoms with van der Waals surface area (Å²) in [5.74, 6) is 1.60. The van der Waals surface area contributed by atoms with Gasteiger partial charge in [-0.3, -0.25) is 9.36 Å². The summed E-state index contributed by atoms with van der Waals surface area (Å²) in [6, 6.07) is 8.83. The van der Waals surface area contributed by atoms with E-state index in [2.05, 4.69) is 24.6 Å². The number of amides is 1. The molecule has 4 heterocycles. The number of rotatable bonds is 3. The number of alkyl halides is 1. The highest BCUT2D eigenvalue weighted by atomic mass is 35.5. The van der Waals surface area contributed by atoms with Gasteiger partial charge in [0.05, 0.1) is 24.3 Å². The third kappa shape index (κ3) is 3.43. The first-order valence-corrected chi connectivity index (χ1v) is 12.3. The summed E-state index contributed by atoms with van der Waals surface area (Å²) in [7, 11) is 0. The zero-order valence-electron chi connectivity index (χ0n) is 18.9. The molecule has 1 amide bonds. The Hall–Kier alpha value is -3.07. The van der Waals surface area contributed by atoms with Crippen LogP contribution in [0.1, 0.15) is 42.4 Å². The molecule has 10 heteroatoms. The van der Waals surface area contributed by atoms with Gasteiger partial charge in [-0.05, 0) is 55.2 Å². The highest BCUT2D eigenvalue weighted by molar-refractivity contribution is 6.30. The number of carbonyl (C=O) groups is 1. The minimum absolute atomic E-state index is 0.173. The molecule has 3 aromatic rings. The second-order valence-corrected chi connectivity index (χ2v) is 10.9. The molecule has 0 bridgehead atoms. The first-order chi connectivity index (χ1) is 16.9. The van der Waals surface area contributed by atoms with Crippen molar-refractivity contribution in [2.24, 2.45) is 11.3 Å². The molecule has 7 rings (SSSR count). The van der Waals surface area contributed by atoms with E-state index in [4.69, 9.17) is 11.6 Å². The van der Waals surface area contributed by atoms with Crippen LogP contribution < -0.4 is 4.90 Å². The lowest BCUT2D eigenvalue weighted by Crippen LogP contribution is -2.62. The molecule has 180 valence electrons. The van der Waals surface area contributed by atoms with Gasteiger partial charge in [-0.25, -0.2) is 13.8 Å². The van der Waals surface area contributed by atoms with Gasteiger partial charge in [-0.15, -0.1) is 10.2 Å². The van der Waals surface area contributed by atoms with E-state index in [-0.39, 0.29) is 23.1 Å². The van der Waals surface area contributed by atoms with Crippen molar-refractivity contribution in [1.82, 2.24) is 24.6 Å². The Bertz CT molecular complexity index is 1330. The molecule has 0 N–H and O–H groups in total. The lowest BCUT2D eigenvalue weighted by Gasteiger charge is -2.59. The molecule has 1 aromatic carbocycles. The molecule has 0 radical (unpaired) electrons. The lowest BCUT2D eigenvalue weighted by molar-refractivity contribution is -0.134. The van der Waals surface area contributed by atoms with Crippen molar-refractivity contribution in [3.05, 3.63) is 64.6 Å². The van der Waals surface area contributed by atoms with Gasteiger partial charge in [0, 0.05) is 36.0 Å².